The van der Waals surface area contributed by atoms with Gasteiger partial charge in [-0.1, -0.05) is 12.1 Å². The molecule has 1 heterocycles. The van der Waals surface area contributed by atoms with Crippen LogP contribution in [0.4, 0.5) is 0 Å². The van der Waals surface area contributed by atoms with Gasteiger partial charge in [-0.2, -0.15) is 0 Å². The van der Waals surface area contributed by atoms with Crippen molar-refractivity contribution in [2.75, 3.05) is 0 Å². The number of para-hydroxylation sites is 2. The summed E-state index contributed by atoms with van der Waals surface area (Å²) in [5, 5.41) is 0. The summed E-state index contributed by atoms with van der Waals surface area (Å²) < 4.78 is 0. The molecule has 0 aliphatic heterocycles. The van der Waals surface area contributed by atoms with Gasteiger partial charge in [-0.3, -0.25) is 16.3 Å². The second kappa shape index (κ2) is 6.10. The van der Waals surface area contributed by atoms with Crippen molar-refractivity contribution in [3.8, 4) is 11.8 Å². The fraction of sp³-hybridized carbons (Fsp3) is 0.286. The lowest BCUT2D eigenvalue weighted by atomic mass is 10.1. The quantitative estimate of drug-likeness (QED) is 0.487. The third kappa shape index (κ3) is 2.83. The number of nitrogens with one attached hydrogen (secondary N) is 1. The van der Waals surface area contributed by atoms with E-state index in [4.69, 9.17) is 5.84 Å². The lowest BCUT2D eigenvalue weighted by Crippen LogP contribution is -2.28. The standard InChI is InChI=1S/C14H16N4/c1-2-3-4-9-13(18-15)14-10-16-11-7-5-6-8-12(11)17-14/h5-8,10,13,18H,4,9,15H2,1H3. The van der Waals surface area contributed by atoms with Crippen LogP contribution in [0.1, 0.15) is 31.5 Å². The largest absolute Gasteiger partial charge is 0.271 e. The van der Waals surface area contributed by atoms with Crippen LogP contribution >= 0.6 is 0 Å². The molecule has 0 bridgehead atoms. The van der Waals surface area contributed by atoms with Crippen LogP contribution in [0.25, 0.3) is 11.0 Å². The van der Waals surface area contributed by atoms with Gasteiger partial charge in [-0.15, -0.1) is 11.8 Å². The Bertz CT molecular complexity index is 583. The van der Waals surface area contributed by atoms with E-state index in [1.54, 1.807) is 6.20 Å². The summed E-state index contributed by atoms with van der Waals surface area (Å²) in [5.41, 5.74) is 5.41. The van der Waals surface area contributed by atoms with Gasteiger partial charge in [0.25, 0.3) is 0 Å². The predicted molar refractivity (Wildman–Crippen MR) is 72.3 cm³/mol. The Balaban J connectivity index is 2.23. The van der Waals surface area contributed by atoms with E-state index in [9.17, 15) is 0 Å². The molecule has 92 valence electrons. The van der Waals surface area contributed by atoms with E-state index in [-0.39, 0.29) is 6.04 Å². The van der Waals surface area contributed by atoms with Crippen LogP contribution in [0, 0.1) is 11.8 Å². The molecule has 0 saturated carbocycles. The second-order valence-electron chi connectivity index (χ2n) is 3.97. The average Bonchev–Trinajstić information content (AvgIpc) is 2.43. The molecule has 1 aromatic carbocycles. The highest BCUT2D eigenvalue weighted by Crippen LogP contribution is 2.17. The first kappa shape index (κ1) is 12.5. The molecule has 1 aromatic heterocycles. The molecule has 0 amide bonds. The molecule has 1 atom stereocenters. The lowest BCUT2D eigenvalue weighted by molar-refractivity contribution is 0.511. The van der Waals surface area contributed by atoms with Gasteiger partial charge in [-0.05, 0) is 25.5 Å². The van der Waals surface area contributed by atoms with Gasteiger partial charge in [0, 0.05) is 6.42 Å². The van der Waals surface area contributed by atoms with Crippen molar-refractivity contribution in [1.82, 2.24) is 15.4 Å². The summed E-state index contributed by atoms with van der Waals surface area (Å²) in [6, 6.07) is 7.79. The average molecular weight is 240 g/mol. The summed E-state index contributed by atoms with van der Waals surface area (Å²) in [6.07, 6.45) is 3.39. The number of nitrogens with zero attached hydrogens (tertiary/aromatic N) is 2. The zero-order valence-corrected chi connectivity index (χ0v) is 10.4. The molecule has 4 heteroatoms. The number of aromatic nitrogens is 2. The number of hydrogen-bond donors (Lipinski definition) is 2. The molecule has 18 heavy (non-hydrogen) atoms. The van der Waals surface area contributed by atoms with Gasteiger partial charge in [-0.25, -0.2) is 4.98 Å². The zero-order valence-electron chi connectivity index (χ0n) is 10.4. The monoisotopic (exact) mass is 240 g/mol. The summed E-state index contributed by atoms with van der Waals surface area (Å²) in [6.45, 7) is 1.83. The Kier molecular flexibility index (Phi) is 4.24. The third-order valence-corrected chi connectivity index (χ3v) is 2.76. The summed E-state index contributed by atoms with van der Waals surface area (Å²) >= 11 is 0. The molecule has 2 rings (SSSR count). The first-order valence-electron chi connectivity index (χ1n) is 5.92. The minimum absolute atomic E-state index is 0.0112. The Morgan fingerprint density at radius 3 is 2.83 bits per heavy atom. The molecule has 0 saturated heterocycles. The molecule has 0 aliphatic rings. The van der Waals surface area contributed by atoms with E-state index < -0.39 is 0 Å². The molecule has 0 radical (unpaired) electrons. The van der Waals surface area contributed by atoms with E-state index in [1.165, 1.54) is 0 Å². The Labute approximate surface area is 107 Å². The Morgan fingerprint density at radius 2 is 2.11 bits per heavy atom. The van der Waals surface area contributed by atoms with Gasteiger partial charge < -0.3 is 0 Å². The van der Waals surface area contributed by atoms with Crippen molar-refractivity contribution in [3.63, 3.8) is 0 Å². The van der Waals surface area contributed by atoms with Crippen molar-refractivity contribution < 1.29 is 0 Å². The van der Waals surface area contributed by atoms with Crippen molar-refractivity contribution in [3.05, 3.63) is 36.2 Å². The minimum Gasteiger partial charge on any atom is -0.271 e. The van der Waals surface area contributed by atoms with Gasteiger partial charge in [0.1, 0.15) is 0 Å². The van der Waals surface area contributed by atoms with Crippen LogP contribution in [0.5, 0.6) is 0 Å². The third-order valence-electron chi connectivity index (χ3n) is 2.76. The molecule has 4 nitrogen and oxygen atoms in total. The van der Waals surface area contributed by atoms with Crippen LogP contribution in [0.15, 0.2) is 30.5 Å². The molecule has 0 aliphatic carbocycles. The Morgan fingerprint density at radius 1 is 1.33 bits per heavy atom. The number of benzene rings is 1. The van der Waals surface area contributed by atoms with Crippen LogP contribution in [0.3, 0.4) is 0 Å². The summed E-state index contributed by atoms with van der Waals surface area (Å²) in [4.78, 5) is 8.96. The maximum absolute atomic E-state index is 5.57. The molecule has 2 aromatic rings. The van der Waals surface area contributed by atoms with E-state index in [0.29, 0.717) is 0 Å². The second-order valence-corrected chi connectivity index (χ2v) is 3.97. The molecular weight excluding hydrogens is 224 g/mol. The van der Waals surface area contributed by atoms with Crippen LogP contribution in [-0.4, -0.2) is 9.97 Å². The van der Waals surface area contributed by atoms with Gasteiger partial charge in [0.2, 0.25) is 0 Å². The summed E-state index contributed by atoms with van der Waals surface area (Å²) in [7, 11) is 0. The van der Waals surface area contributed by atoms with E-state index in [2.05, 4.69) is 27.2 Å². The highest BCUT2D eigenvalue weighted by Gasteiger charge is 2.11. The number of hydrogen-bond acceptors (Lipinski definition) is 4. The number of nitrogens with two attached hydrogens (primary N) is 1. The maximum Gasteiger partial charge on any atom is 0.0890 e. The van der Waals surface area contributed by atoms with E-state index >= 15 is 0 Å². The molecule has 1 unspecified atom stereocenters. The fourth-order valence-corrected chi connectivity index (χ4v) is 1.80. The normalized spacial score (nSPS) is 11.9. The lowest BCUT2D eigenvalue weighted by Gasteiger charge is -2.13. The molecule has 0 fully saturated rings. The molecule has 3 N–H and O–H groups in total. The van der Waals surface area contributed by atoms with Crippen LogP contribution in [-0.2, 0) is 0 Å². The highest BCUT2D eigenvalue weighted by atomic mass is 15.2. The number of hydrazine groups is 1. The molecule has 0 spiro atoms. The van der Waals surface area contributed by atoms with Crippen LogP contribution in [0.2, 0.25) is 0 Å². The van der Waals surface area contributed by atoms with Crippen molar-refractivity contribution in [1.29, 1.82) is 0 Å². The van der Waals surface area contributed by atoms with Crippen LogP contribution < -0.4 is 11.3 Å². The molecular formula is C14H16N4. The van der Waals surface area contributed by atoms with E-state index in [0.717, 1.165) is 29.6 Å². The fourth-order valence-electron chi connectivity index (χ4n) is 1.80. The van der Waals surface area contributed by atoms with Crippen molar-refractivity contribution in [2.24, 2.45) is 5.84 Å². The van der Waals surface area contributed by atoms with Crippen molar-refractivity contribution >= 4 is 11.0 Å². The Hall–Kier alpha value is -1.96. The van der Waals surface area contributed by atoms with E-state index in [1.807, 2.05) is 31.2 Å². The van der Waals surface area contributed by atoms with Gasteiger partial charge >= 0.3 is 0 Å². The maximum atomic E-state index is 5.57. The number of rotatable bonds is 4. The van der Waals surface area contributed by atoms with Gasteiger partial charge in [0.05, 0.1) is 29.0 Å². The van der Waals surface area contributed by atoms with Crippen molar-refractivity contribution in [2.45, 2.75) is 25.8 Å². The smallest absolute Gasteiger partial charge is 0.0890 e. The zero-order chi connectivity index (χ0) is 12.8. The topological polar surface area (TPSA) is 63.8 Å². The highest BCUT2D eigenvalue weighted by molar-refractivity contribution is 5.73. The SMILES string of the molecule is CC#CCCC(NN)c1cnc2ccccc2n1. The summed E-state index contributed by atoms with van der Waals surface area (Å²) in [5.74, 6) is 11.5. The minimum atomic E-state index is -0.0112. The first-order chi connectivity index (χ1) is 8.85. The van der Waals surface area contributed by atoms with Gasteiger partial charge in [0.15, 0.2) is 0 Å². The predicted octanol–water partition coefficient (Wildman–Crippen LogP) is 1.94. The first-order valence-corrected chi connectivity index (χ1v) is 5.92. The number of fused-ring (bicyclic) bond motifs is 1.